The summed E-state index contributed by atoms with van der Waals surface area (Å²) in [6, 6.07) is 9.67. The molecule has 0 fully saturated rings. The highest BCUT2D eigenvalue weighted by atomic mass is 16.5. The van der Waals surface area contributed by atoms with E-state index in [1.54, 1.807) is 0 Å². The zero-order chi connectivity index (χ0) is 9.52. The van der Waals surface area contributed by atoms with Crippen LogP contribution in [0.1, 0.15) is 12.5 Å². The first kappa shape index (κ1) is 9.34. The smallest absolute Gasteiger partial charge is 0.205 e. The predicted molar refractivity (Wildman–Crippen MR) is 49.7 cm³/mol. The maximum absolute atomic E-state index is 10.4. The van der Waals surface area contributed by atoms with Crippen LogP contribution in [-0.4, -0.2) is 5.78 Å². The van der Waals surface area contributed by atoms with Crippen molar-refractivity contribution in [3.05, 3.63) is 35.9 Å². The van der Waals surface area contributed by atoms with Crippen molar-refractivity contribution in [2.45, 2.75) is 13.5 Å². The predicted octanol–water partition coefficient (Wildman–Crippen LogP) is 1.75. The third-order valence-electron chi connectivity index (χ3n) is 1.38. The van der Waals surface area contributed by atoms with Crippen LogP contribution in [0.4, 0.5) is 0 Å². The number of hydrogen-bond donors (Lipinski definition) is 0. The Hall–Kier alpha value is -1.75. The van der Waals surface area contributed by atoms with Gasteiger partial charge in [-0.25, -0.2) is 0 Å². The number of benzene rings is 1. The van der Waals surface area contributed by atoms with E-state index >= 15 is 0 Å². The van der Waals surface area contributed by atoms with E-state index in [4.69, 9.17) is 4.74 Å². The van der Waals surface area contributed by atoms with Crippen molar-refractivity contribution in [2.75, 3.05) is 0 Å². The molecule has 0 aliphatic rings. The first-order valence-corrected chi connectivity index (χ1v) is 3.96. The molecule has 0 aromatic heterocycles. The van der Waals surface area contributed by atoms with E-state index in [1.165, 1.54) is 6.92 Å². The molecule has 0 bridgehead atoms. The van der Waals surface area contributed by atoms with E-state index in [2.05, 4.69) is 12.0 Å². The standard InChI is InChI=1S/C11H10O2/c1-10(12)7-8-13-9-11-5-3-2-4-6-11/h2-6H,9H2,1H3. The molecule has 0 aliphatic carbocycles. The molecule has 0 heterocycles. The zero-order valence-corrected chi connectivity index (χ0v) is 7.41. The van der Waals surface area contributed by atoms with Gasteiger partial charge in [-0.15, -0.1) is 0 Å². The fourth-order valence-electron chi connectivity index (χ4n) is 0.802. The summed E-state index contributed by atoms with van der Waals surface area (Å²) in [5.41, 5.74) is 1.04. The lowest BCUT2D eigenvalue weighted by molar-refractivity contribution is -0.111. The van der Waals surface area contributed by atoms with Gasteiger partial charge in [0.2, 0.25) is 5.78 Å². The van der Waals surface area contributed by atoms with E-state index in [0.29, 0.717) is 6.61 Å². The number of hydrogen-bond acceptors (Lipinski definition) is 2. The number of carbonyl (C=O) groups is 1. The van der Waals surface area contributed by atoms with E-state index in [0.717, 1.165) is 5.56 Å². The Labute approximate surface area is 77.5 Å². The van der Waals surface area contributed by atoms with Gasteiger partial charge in [-0.1, -0.05) is 30.3 Å². The molecule has 1 aromatic carbocycles. The van der Waals surface area contributed by atoms with Crippen molar-refractivity contribution in [1.29, 1.82) is 0 Å². The largest absolute Gasteiger partial charge is 0.441 e. The molecule has 0 aliphatic heterocycles. The molecule has 0 atom stereocenters. The Morgan fingerprint density at radius 1 is 1.38 bits per heavy atom. The Kier molecular flexibility index (Phi) is 3.59. The molecule has 0 saturated carbocycles. The molecular weight excluding hydrogens is 164 g/mol. The van der Waals surface area contributed by atoms with Gasteiger partial charge in [0.1, 0.15) is 12.7 Å². The summed E-state index contributed by atoms with van der Waals surface area (Å²) in [4.78, 5) is 10.4. The van der Waals surface area contributed by atoms with E-state index < -0.39 is 0 Å². The van der Waals surface area contributed by atoms with Crippen LogP contribution in [-0.2, 0) is 16.1 Å². The topological polar surface area (TPSA) is 26.3 Å². The van der Waals surface area contributed by atoms with Crippen LogP contribution in [0.3, 0.4) is 0 Å². The van der Waals surface area contributed by atoms with Crippen LogP contribution >= 0.6 is 0 Å². The molecule has 0 saturated heterocycles. The lowest BCUT2D eigenvalue weighted by Gasteiger charge is -1.96. The first-order chi connectivity index (χ1) is 6.29. The first-order valence-electron chi connectivity index (χ1n) is 3.96. The SMILES string of the molecule is CC(=O)C#COCc1ccccc1. The maximum atomic E-state index is 10.4. The second-order valence-electron chi connectivity index (χ2n) is 2.56. The van der Waals surface area contributed by atoms with E-state index in [1.807, 2.05) is 30.3 Å². The van der Waals surface area contributed by atoms with Crippen molar-refractivity contribution in [3.63, 3.8) is 0 Å². The molecule has 0 N–H and O–H groups in total. The highest BCUT2D eigenvalue weighted by Gasteiger charge is 1.88. The summed E-state index contributed by atoms with van der Waals surface area (Å²) >= 11 is 0. The number of rotatable bonds is 2. The third kappa shape index (κ3) is 3.97. The number of ketones is 1. The van der Waals surface area contributed by atoms with Crippen LogP contribution in [0, 0.1) is 12.0 Å². The molecular formula is C11H10O2. The summed E-state index contributed by atoms with van der Waals surface area (Å²) in [5, 5.41) is 0. The Morgan fingerprint density at radius 2 is 2.08 bits per heavy atom. The normalized spacial score (nSPS) is 8.38. The summed E-state index contributed by atoms with van der Waals surface area (Å²) in [6.45, 7) is 1.82. The molecule has 0 radical (unpaired) electrons. The van der Waals surface area contributed by atoms with Crippen molar-refractivity contribution < 1.29 is 9.53 Å². The van der Waals surface area contributed by atoms with Crippen molar-refractivity contribution in [3.8, 4) is 12.0 Å². The van der Waals surface area contributed by atoms with Crippen LogP contribution in [0.2, 0.25) is 0 Å². The molecule has 2 nitrogen and oxygen atoms in total. The van der Waals surface area contributed by atoms with Crippen LogP contribution in [0.25, 0.3) is 0 Å². The second-order valence-corrected chi connectivity index (χ2v) is 2.56. The summed E-state index contributed by atoms with van der Waals surface area (Å²) < 4.78 is 4.95. The average Bonchev–Trinajstić information content (AvgIpc) is 2.14. The van der Waals surface area contributed by atoms with E-state index in [-0.39, 0.29) is 5.78 Å². The van der Waals surface area contributed by atoms with E-state index in [9.17, 15) is 4.79 Å². The molecule has 0 amide bonds. The molecule has 0 spiro atoms. The Bertz CT molecular complexity index is 330. The van der Waals surface area contributed by atoms with Crippen LogP contribution in [0.15, 0.2) is 30.3 Å². The number of carbonyl (C=O) groups excluding carboxylic acids is 1. The number of Topliss-reactive ketones (excluding diaryl/α,β-unsaturated/α-hetero) is 1. The van der Waals surface area contributed by atoms with Gasteiger partial charge in [0.25, 0.3) is 0 Å². The fraction of sp³-hybridized carbons (Fsp3) is 0.182. The van der Waals surface area contributed by atoms with Gasteiger partial charge < -0.3 is 4.74 Å². The van der Waals surface area contributed by atoms with Crippen molar-refractivity contribution in [1.82, 2.24) is 0 Å². The van der Waals surface area contributed by atoms with Gasteiger partial charge >= 0.3 is 0 Å². The van der Waals surface area contributed by atoms with Crippen LogP contribution in [0.5, 0.6) is 0 Å². The van der Waals surface area contributed by atoms with Gasteiger partial charge in [-0.2, -0.15) is 0 Å². The fourth-order valence-corrected chi connectivity index (χ4v) is 0.802. The minimum atomic E-state index is -0.187. The molecule has 0 unspecified atom stereocenters. The molecule has 2 heteroatoms. The van der Waals surface area contributed by atoms with Gasteiger partial charge in [-0.3, -0.25) is 4.79 Å². The average molecular weight is 174 g/mol. The molecule has 1 aromatic rings. The lowest BCUT2D eigenvalue weighted by Crippen LogP contribution is -1.87. The zero-order valence-electron chi connectivity index (χ0n) is 7.41. The number of ether oxygens (including phenoxy) is 1. The lowest BCUT2D eigenvalue weighted by atomic mass is 10.2. The monoisotopic (exact) mass is 174 g/mol. The summed E-state index contributed by atoms with van der Waals surface area (Å²) in [6.07, 6.45) is 2.33. The minimum absolute atomic E-state index is 0.187. The maximum Gasteiger partial charge on any atom is 0.205 e. The summed E-state index contributed by atoms with van der Waals surface area (Å²) in [5.74, 6) is 2.12. The molecule has 1 rings (SSSR count). The third-order valence-corrected chi connectivity index (χ3v) is 1.38. The molecule has 66 valence electrons. The van der Waals surface area contributed by atoms with Crippen LogP contribution < -0.4 is 0 Å². The Balaban J connectivity index is 2.37. The van der Waals surface area contributed by atoms with Gasteiger partial charge in [-0.05, 0) is 5.56 Å². The quantitative estimate of drug-likeness (QED) is 0.638. The van der Waals surface area contributed by atoms with Gasteiger partial charge in [0.15, 0.2) is 0 Å². The highest BCUT2D eigenvalue weighted by Crippen LogP contribution is 1.99. The van der Waals surface area contributed by atoms with Crippen molar-refractivity contribution >= 4 is 5.78 Å². The summed E-state index contributed by atoms with van der Waals surface area (Å²) in [7, 11) is 0. The Morgan fingerprint density at radius 3 is 2.69 bits per heavy atom. The minimum Gasteiger partial charge on any atom is -0.441 e. The second kappa shape index (κ2) is 5.00. The van der Waals surface area contributed by atoms with Gasteiger partial charge in [0, 0.05) is 12.8 Å². The van der Waals surface area contributed by atoms with Gasteiger partial charge in [0.05, 0.1) is 0 Å². The highest BCUT2D eigenvalue weighted by molar-refractivity contribution is 5.92. The molecule has 13 heavy (non-hydrogen) atoms. The van der Waals surface area contributed by atoms with Crippen molar-refractivity contribution in [2.24, 2.45) is 0 Å².